The van der Waals surface area contributed by atoms with Gasteiger partial charge in [0.1, 0.15) is 0 Å². The number of nitrogens with one attached hydrogen (secondary N) is 1. The molecule has 0 spiro atoms. The van der Waals surface area contributed by atoms with Crippen LogP contribution in [0.3, 0.4) is 0 Å². The Morgan fingerprint density at radius 3 is 2.71 bits per heavy atom. The van der Waals surface area contributed by atoms with Crippen LogP contribution in [0.4, 0.5) is 0 Å². The molecule has 0 aliphatic rings. The molecule has 0 atom stereocenters. The fourth-order valence-corrected chi connectivity index (χ4v) is 1.60. The maximum absolute atomic E-state index is 9.30. The number of H-pyrrole nitrogens is 1. The molecule has 2 N–H and O–H groups in total. The van der Waals surface area contributed by atoms with Crippen molar-refractivity contribution in [1.82, 2.24) is 15.0 Å². The van der Waals surface area contributed by atoms with E-state index in [0.717, 1.165) is 22.3 Å². The van der Waals surface area contributed by atoms with E-state index >= 15 is 0 Å². The van der Waals surface area contributed by atoms with Crippen LogP contribution in [0.1, 0.15) is 31.0 Å². The molecular formula is C10H13N3O. The molecule has 0 bridgehead atoms. The summed E-state index contributed by atoms with van der Waals surface area (Å²) < 4.78 is 0. The van der Waals surface area contributed by atoms with Crippen LogP contribution in [-0.2, 0) is 0 Å². The van der Waals surface area contributed by atoms with E-state index in [2.05, 4.69) is 28.8 Å². The molecule has 14 heavy (non-hydrogen) atoms. The van der Waals surface area contributed by atoms with Crippen LogP contribution < -0.4 is 0 Å². The minimum absolute atomic E-state index is 0.156. The van der Waals surface area contributed by atoms with Crippen molar-refractivity contribution in [2.75, 3.05) is 0 Å². The first kappa shape index (κ1) is 8.99. The lowest BCUT2D eigenvalue weighted by molar-refractivity contribution is 0.431. The average Bonchev–Trinajstić information content (AvgIpc) is 2.47. The maximum atomic E-state index is 9.30. The molecule has 74 valence electrons. The average molecular weight is 191 g/mol. The highest BCUT2D eigenvalue weighted by Crippen LogP contribution is 2.25. The van der Waals surface area contributed by atoms with Crippen molar-refractivity contribution in [3.05, 3.63) is 17.5 Å². The summed E-state index contributed by atoms with van der Waals surface area (Å²) in [6.45, 7) is 6.04. The Morgan fingerprint density at radius 1 is 1.36 bits per heavy atom. The maximum Gasteiger partial charge on any atom is 0.314 e. The van der Waals surface area contributed by atoms with E-state index in [4.69, 9.17) is 0 Å². The molecule has 0 unspecified atom stereocenters. The zero-order chi connectivity index (χ0) is 10.3. The largest absolute Gasteiger partial charge is 0.479 e. The van der Waals surface area contributed by atoms with Crippen molar-refractivity contribution in [1.29, 1.82) is 0 Å². The third-order valence-corrected chi connectivity index (χ3v) is 2.35. The second-order valence-corrected chi connectivity index (χ2v) is 3.73. The van der Waals surface area contributed by atoms with Gasteiger partial charge in [-0.3, -0.25) is 0 Å². The van der Waals surface area contributed by atoms with Gasteiger partial charge in [0.15, 0.2) is 0 Å². The lowest BCUT2D eigenvalue weighted by atomic mass is 10.1. The highest BCUT2D eigenvalue weighted by Gasteiger charge is 2.12. The molecule has 0 aromatic carbocycles. The molecule has 0 saturated heterocycles. The molecule has 0 radical (unpaired) electrons. The molecule has 2 aromatic rings. The van der Waals surface area contributed by atoms with Crippen molar-refractivity contribution >= 4 is 11.0 Å². The van der Waals surface area contributed by atoms with Gasteiger partial charge in [0, 0.05) is 6.20 Å². The van der Waals surface area contributed by atoms with Gasteiger partial charge in [-0.1, -0.05) is 13.8 Å². The molecule has 0 saturated carbocycles. The van der Waals surface area contributed by atoms with Gasteiger partial charge in [0.25, 0.3) is 0 Å². The van der Waals surface area contributed by atoms with Gasteiger partial charge in [0.05, 0.1) is 16.7 Å². The van der Waals surface area contributed by atoms with Crippen molar-refractivity contribution in [3.8, 4) is 6.01 Å². The first-order valence-corrected chi connectivity index (χ1v) is 4.64. The Kier molecular flexibility index (Phi) is 1.91. The van der Waals surface area contributed by atoms with E-state index in [1.54, 1.807) is 0 Å². The van der Waals surface area contributed by atoms with E-state index in [1.165, 1.54) is 0 Å². The lowest BCUT2D eigenvalue weighted by Gasteiger charge is -2.02. The van der Waals surface area contributed by atoms with Crippen LogP contribution in [-0.4, -0.2) is 20.1 Å². The number of hydrogen-bond acceptors (Lipinski definition) is 3. The summed E-state index contributed by atoms with van der Waals surface area (Å²) in [5, 5.41) is 9.30. The standard InChI is InChI=1S/C10H13N3O/c1-5(2)7-4-11-8-6(3)12-10(14)13-9(7)8/h4-5,11H,1-3H3,(H,12,13,14). The zero-order valence-corrected chi connectivity index (χ0v) is 8.50. The van der Waals surface area contributed by atoms with E-state index in [1.807, 2.05) is 13.1 Å². The number of aromatic nitrogens is 3. The summed E-state index contributed by atoms with van der Waals surface area (Å²) in [7, 11) is 0. The summed E-state index contributed by atoms with van der Waals surface area (Å²) in [5.41, 5.74) is 3.62. The van der Waals surface area contributed by atoms with Crippen molar-refractivity contribution in [3.63, 3.8) is 0 Å². The molecule has 0 aliphatic heterocycles. The van der Waals surface area contributed by atoms with Crippen LogP contribution in [0.25, 0.3) is 11.0 Å². The second kappa shape index (κ2) is 2.97. The SMILES string of the molecule is Cc1nc(O)nc2c(C(C)C)c[nH]c12. The van der Waals surface area contributed by atoms with Crippen LogP contribution in [0.2, 0.25) is 0 Å². The minimum atomic E-state index is -0.156. The lowest BCUT2D eigenvalue weighted by Crippen LogP contribution is -1.90. The molecule has 0 fully saturated rings. The van der Waals surface area contributed by atoms with E-state index in [9.17, 15) is 5.11 Å². The highest BCUT2D eigenvalue weighted by atomic mass is 16.3. The number of aryl methyl sites for hydroxylation is 1. The smallest absolute Gasteiger partial charge is 0.314 e. The Labute approximate surface area is 82.0 Å². The van der Waals surface area contributed by atoms with Gasteiger partial charge in [-0.05, 0) is 18.4 Å². The highest BCUT2D eigenvalue weighted by molar-refractivity contribution is 5.81. The van der Waals surface area contributed by atoms with Gasteiger partial charge in [-0.2, -0.15) is 9.97 Å². The third-order valence-electron chi connectivity index (χ3n) is 2.35. The van der Waals surface area contributed by atoms with Gasteiger partial charge < -0.3 is 10.1 Å². The quantitative estimate of drug-likeness (QED) is 0.725. The van der Waals surface area contributed by atoms with Crippen LogP contribution in [0.15, 0.2) is 6.20 Å². The molecule has 4 heteroatoms. The Hall–Kier alpha value is -1.58. The number of hydrogen-bond donors (Lipinski definition) is 2. The summed E-state index contributed by atoms with van der Waals surface area (Å²) >= 11 is 0. The number of aromatic amines is 1. The van der Waals surface area contributed by atoms with Crippen LogP contribution in [0.5, 0.6) is 6.01 Å². The topological polar surface area (TPSA) is 61.8 Å². The zero-order valence-electron chi connectivity index (χ0n) is 8.50. The molecule has 2 aromatic heterocycles. The molecular weight excluding hydrogens is 178 g/mol. The summed E-state index contributed by atoms with van der Waals surface area (Å²) in [4.78, 5) is 11.0. The monoisotopic (exact) mass is 191 g/mol. The number of fused-ring (bicyclic) bond motifs is 1. The van der Waals surface area contributed by atoms with Gasteiger partial charge in [0.2, 0.25) is 0 Å². The summed E-state index contributed by atoms with van der Waals surface area (Å²) in [6.07, 6.45) is 1.93. The molecule has 0 aliphatic carbocycles. The fourth-order valence-electron chi connectivity index (χ4n) is 1.60. The number of rotatable bonds is 1. The molecule has 2 heterocycles. The minimum Gasteiger partial charge on any atom is -0.479 e. The predicted molar refractivity (Wildman–Crippen MR) is 54.4 cm³/mol. The second-order valence-electron chi connectivity index (χ2n) is 3.73. The number of aromatic hydroxyl groups is 1. The normalized spacial score (nSPS) is 11.4. The van der Waals surface area contributed by atoms with Crippen molar-refractivity contribution in [2.45, 2.75) is 26.7 Å². The van der Waals surface area contributed by atoms with Crippen molar-refractivity contribution < 1.29 is 5.11 Å². The Morgan fingerprint density at radius 2 is 2.07 bits per heavy atom. The van der Waals surface area contributed by atoms with Crippen molar-refractivity contribution in [2.24, 2.45) is 0 Å². The Bertz CT molecular complexity index is 473. The molecule has 4 nitrogen and oxygen atoms in total. The molecule has 2 rings (SSSR count). The molecule has 0 amide bonds. The third kappa shape index (κ3) is 1.23. The predicted octanol–water partition coefficient (Wildman–Crippen LogP) is 2.10. The van der Waals surface area contributed by atoms with Gasteiger partial charge in [-0.25, -0.2) is 0 Å². The van der Waals surface area contributed by atoms with Gasteiger partial charge >= 0.3 is 6.01 Å². The Balaban J connectivity index is 2.78. The summed E-state index contributed by atoms with van der Waals surface area (Å²) in [5.74, 6) is 0.387. The van der Waals surface area contributed by atoms with E-state index in [0.29, 0.717) is 5.92 Å². The first-order chi connectivity index (χ1) is 6.59. The van der Waals surface area contributed by atoms with Gasteiger partial charge in [-0.15, -0.1) is 0 Å². The summed E-state index contributed by atoms with van der Waals surface area (Å²) in [6, 6.07) is -0.156. The van der Waals surface area contributed by atoms with E-state index in [-0.39, 0.29) is 6.01 Å². The fraction of sp³-hybridized carbons (Fsp3) is 0.400. The van der Waals surface area contributed by atoms with Crippen LogP contribution in [0, 0.1) is 6.92 Å². The number of nitrogens with zero attached hydrogens (tertiary/aromatic N) is 2. The van der Waals surface area contributed by atoms with Crippen LogP contribution >= 0.6 is 0 Å². The van der Waals surface area contributed by atoms with E-state index < -0.39 is 0 Å². The first-order valence-electron chi connectivity index (χ1n) is 4.64.